The number of nitrogens with one attached hydrogen (secondary N) is 1. The molecule has 0 spiro atoms. The zero-order chi connectivity index (χ0) is 24.8. The Kier molecular flexibility index (Phi) is 6.25. The zero-order valence-corrected chi connectivity index (χ0v) is 19.3. The van der Waals surface area contributed by atoms with Crippen LogP contribution in [0, 0.1) is 12.7 Å². The van der Waals surface area contributed by atoms with Crippen LogP contribution in [0.1, 0.15) is 47.8 Å². The molecule has 2 bridgehead atoms. The van der Waals surface area contributed by atoms with Crippen molar-refractivity contribution in [1.82, 2.24) is 4.98 Å². The van der Waals surface area contributed by atoms with Crippen LogP contribution in [0.15, 0.2) is 35.5 Å². The molecule has 3 heterocycles. The summed E-state index contributed by atoms with van der Waals surface area (Å²) < 4.78 is 65.9. The van der Waals surface area contributed by atoms with Crippen molar-refractivity contribution in [2.24, 2.45) is 10.7 Å². The first kappa shape index (κ1) is 24.3. The lowest BCUT2D eigenvalue weighted by Crippen LogP contribution is -2.54. The van der Waals surface area contributed by atoms with E-state index in [2.05, 4.69) is 20.0 Å². The minimum absolute atomic E-state index is 0.0251. The number of amidine groups is 1. The number of ether oxygens (including phenoxy) is 1. The van der Waals surface area contributed by atoms with Gasteiger partial charge in [-0.2, -0.15) is 19.4 Å². The first-order chi connectivity index (χ1) is 15.9. The van der Waals surface area contributed by atoms with E-state index < -0.39 is 45.0 Å². The van der Waals surface area contributed by atoms with Gasteiger partial charge in [-0.3, -0.25) is 18.9 Å². The molecule has 0 saturated carbocycles. The van der Waals surface area contributed by atoms with Gasteiger partial charge < -0.3 is 15.8 Å². The average molecular weight is 499 g/mol. The number of aliphatic imine (C=N–C) groups is 1. The highest BCUT2D eigenvalue weighted by Crippen LogP contribution is 2.64. The lowest BCUT2D eigenvalue weighted by atomic mass is 9.84. The van der Waals surface area contributed by atoms with Crippen LogP contribution in [-0.2, 0) is 5.54 Å². The molecule has 1 fully saturated rings. The van der Waals surface area contributed by atoms with Crippen molar-refractivity contribution in [2.75, 3.05) is 5.32 Å². The number of halogens is 3. The number of amides is 1. The third-order valence-corrected chi connectivity index (χ3v) is 9.20. The Labute approximate surface area is 195 Å². The molecular weight excluding hydrogens is 473 g/mol. The molecule has 0 radical (unpaired) electrons. The Hall–Kier alpha value is -2.83. The number of aromatic nitrogens is 1. The molecule has 34 heavy (non-hydrogen) atoms. The number of benzene rings is 1. The van der Waals surface area contributed by atoms with Crippen molar-refractivity contribution < 1.29 is 31.8 Å². The highest BCUT2D eigenvalue weighted by molar-refractivity contribution is 8.26. The Morgan fingerprint density at radius 3 is 2.74 bits per heavy atom. The predicted octanol–water partition coefficient (Wildman–Crippen LogP) is 4.64. The lowest BCUT2D eigenvalue weighted by molar-refractivity contribution is -0.0501. The van der Waals surface area contributed by atoms with E-state index in [-0.39, 0.29) is 28.5 Å². The quantitative estimate of drug-likeness (QED) is 0.475. The Balaban J connectivity index is 1.65. The molecule has 2 aromatic rings. The molecule has 5 N–H and O–H groups in total. The van der Waals surface area contributed by atoms with Crippen molar-refractivity contribution in [2.45, 2.75) is 55.8 Å². The van der Waals surface area contributed by atoms with E-state index in [1.807, 2.05) is 0 Å². The minimum Gasteiger partial charge on any atom is -0.433 e. The van der Waals surface area contributed by atoms with Gasteiger partial charge in [-0.15, -0.1) is 0 Å². The number of hydrogen-bond donors (Lipinski definition) is 4. The number of carbonyl (C=O) groups is 1. The number of nitrogens with zero attached hydrogens (tertiary/aromatic N) is 2. The number of fused-ring (bicyclic) bond motifs is 2. The summed E-state index contributed by atoms with van der Waals surface area (Å²) in [6.07, 6.45) is 2.66. The first-order valence-corrected chi connectivity index (χ1v) is 12.2. The van der Waals surface area contributed by atoms with Crippen molar-refractivity contribution in [3.63, 3.8) is 0 Å². The second-order valence-corrected chi connectivity index (χ2v) is 11.0. The molecule has 3 atom stereocenters. The number of anilines is 1. The molecule has 4 rings (SSSR count). The van der Waals surface area contributed by atoms with Gasteiger partial charge >= 0.3 is 6.61 Å². The fourth-order valence-electron chi connectivity index (χ4n) is 4.76. The second-order valence-electron chi connectivity index (χ2n) is 8.60. The number of hydrogen-bond acceptors (Lipinski definition) is 7. The SMILES string of the molecule is Cc1cc(OC(F)F)cnc1C(=O)Nc1ccc(F)c([C@@]2(C)N=C(N)[C@H]3CCC[C@H]2S3(O)O)c1. The van der Waals surface area contributed by atoms with Crippen LogP contribution >= 0.6 is 10.6 Å². The van der Waals surface area contributed by atoms with E-state index in [4.69, 9.17) is 5.73 Å². The summed E-state index contributed by atoms with van der Waals surface area (Å²) in [6, 6.07) is 5.15. The van der Waals surface area contributed by atoms with Gasteiger partial charge in [-0.05, 0) is 62.9 Å². The van der Waals surface area contributed by atoms with Crippen LogP contribution in [0.2, 0.25) is 0 Å². The van der Waals surface area contributed by atoms with Gasteiger partial charge in [0.2, 0.25) is 0 Å². The topological polar surface area (TPSA) is 130 Å². The first-order valence-electron chi connectivity index (χ1n) is 10.6. The smallest absolute Gasteiger partial charge is 0.387 e. The van der Waals surface area contributed by atoms with Crippen LogP contribution in [0.3, 0.4) is 0 Å². The number of alkyl halides is 2. The summed E-state index contributed by atoms with van der Waals surface area (Å²) in [5, 5.41) is 1.25. The van der Waals surface area contributed by atoms with E-state index in [0.717, 1.165) is 12.3 Å². The van der Waals surface area contributed by atoms with E-state index in [0.29, 0.717) is 24.8 Å². The normalized spacial score (nSPS) is 26.5. The fraction of sp³-hybridized carbons (Fsp3) is 0.409. The number of rotatable bonds is 5. The summed E-state index contributed by atoms with van der Waals surface area (Å²) in [5.41, 5.74) is 5.30. The van der Waals surface area contributed by atoms with Gasteiger partial charge in [0.15, 0.2) is 0 Å². The standard InChI is InChI=1S/C22H25F3N4O4S/c1-11-8-13(33-21(24)25)10-27-18(11)20(30)28-12-6-7-15(23)14(9-12)22(2)17-5-3-4-16(19(26)29-22)34(17,31)32/h6-10,16-17,21,31-32H,3-5H2,1-2H3,(H2,26,29)(H,28,30)/t16-,17-,22-/m1/s1. The average Bonchev–Trinajstić information content (AvgIpc) is 2.72. The summed E-state index contributed by atoms with van der Waals surface area (Å²) >= 11 is 0. The Bertz CT molecular complexity index is 1160. The summed E-state index contributed by atoms with van der Waals surface area (Å²) in [4.78, 5) is 21.2. The highest BCUT2D eigenvalue weighted by Gasteiger charge is 2.54. The fourth-order valence-corrected chi connectivity index (χ4v) is 7.45. The molecule has 2 aliphatic rings. The second kappa shape index (κ2) is 8.75. The molecule has 1 amide bonds. The summed E-state index contributed by atoms with van der Waals surface area (Å²) in [6.45, 7) is 0.105. The maximum Gasteiger partial charge on any atom is 0.387 e. The van der Waals surface area contributed by atoms with Crippen LogP contribution < -0.4 is 15.8 Å². The molecule has 1 aromatic heterocycles. The molecule has 2 aliphatic heterocycles. The van der Waals surface area contributed by atoms with Gasteiger partial charge in [0.05, 0.1) is 11.4 Å². The number of carbonyl (C=O) groups excluding carboxylic acids is 1. The molecule has 0 unspecified atom stereocenters. The number of aryl methyl sites for hydroxylation is 1. The van der Waals surface area contributed by atoms with Crippen LogP contribution in [-0.4, -0.2) is 42.9 Å². The third-order valence-electron chi connectivity index (χ3n) is 6.35. The molecule has 12 heteroatoms. The van der Waals surface area contributed by atoms with Crippen LogP contribution in [0.4, 0.5) is 18.9 Å². The van der Waals surface area contributed by atoms with Gasteiger partial charge in [-0.25, -0.2) is 9.37 Å². The van der Waals surface area contributed by atoms with Crippen LogP contribution in [0.5, 0.6) is 5.75 Å². The molecular formula is C22H25F3N4O4S. The largest absolute Gasteiger partial charge is 0.433 e. The molecule has 8 nitrogen and oxygen atoms in total. The van der Waals surface area contributed by atoms with E-state index in [1.54, 1.807) is 6.92 Å². The Morgan fingerprint density at radius 1 is 1.32 bits per heavy atom. The van der Waals surface area contributed by atoms with Crippen molar-refractivity contribution in [3.8, 4) is 5.75 Å². The van der Waals surface area contributed by atoms with Gasteiger partial charge in [-0.1, -0.05) is 0 Å². The summed E-state index contributed by atoms with van der Waals surface area (Å²) in [7, 11) is -3.17. The van der Waals surface area contributed by atoms with E-state index >= 15 is 4.39 Å². The van der Waals surface area contributed by atoms with E-state index in [9.17, 15) is 22.7 Å². The van der Waals surface area contributed by atoms with Gasteiger partial charge in [0.25, 0.3) is 5.91 Å². The van der Waals surface area contributed by atoms with Crippen molar-refractivity contribution in [1.29, 1.82) is 0 Å². The highest BCUT2D eigenvalue weighted by atomic mass is 32.3. The Morgan fingerprint density at radius 2 is 2.06 bits per heavy atom. The molecule has 184 valence electrons. The zero-order valence-electron chi connectivity index (χ0n) is 18.5. The van der Waals surface area contributed by atoms with Crippen molar-refractivity contribution in [3.05, 3.63) is 53.1 Å². The summed E-state index contributed by atoms with van der Waals surface area (Å²) in [5.74, 6) is -1.37. The third kappa shape index (κ3) is 4.21. The van der Waals surface area contributed by atoms with E-state index in [1.165, 1.54) is 25.1 Å². The number of nitrogens with two attached hydrogens (primary N) is 1. The van der Waals surface area contributed by atoms with Gasteiger partial charge in [0, 0.05) is 11.3 Å². The van der Waals surface area contributed by atoms with Crippen LogP contribution in [0.25, 0.3) is 0 Å². The molecule has 1 saturated heterocycles. The predicted molar refractivity (Wildman–Crippen MR) is 123 cm³/mol. The number of pyridine rings is 1. The lowest BCUT2D eigenvalue weighted by Gasteiger charge is -2.57. The maximum absolute atomic E-state index is 15.0. The minimum atomic E-state index is -3.17. The molecule has 0 aliphatic carbocycles. The monoisotopic (exact) mass is 498 g/mol. The van der Waals surface area contributed by atoms with Gasteiger partial charge in [0.1, 0.15) is 33.9 Å². The van der Waals surface area contributed by atoms with Crippen molar-refractivity contribution >= 4 is 28.0 Å². The maximum atomic E-state index is 15.0. The molecule has 1 aromatic carbocycles.